The van der Waals surface area contributed by atoms with Crippen LogP contribution < -0.4 is 11.3 Å². The minimum Gasteiger partial charge on any atom is -0.328 e. The van der Waals surface area contributed by atoms with E-state index in [0.717, 1.165) is 35.2 Å². The molecule has 0 saturated heterocycles. The SMILES string of the molecule is Cl.NC1(c2ccc(-c3nc4cc[nH]c(=O)c4cc3-c3ccccc3)cc2)CCCCC1. The lowest BCUT2D eigenvalue weighted by atomic mass is 9.77. The summed E-state index contributed by atoms with van der Waals surface area (Å²) in [5.41, 5.74) is 12.2. The second-order valence-corrected chi connectivity index (χ2v) is 8.28. The molecule has 158 valence electrons. The highest BCUT2D eigenvalue weighted by Crippen LogP contribution is 2.37. The molecule has 1 saturated carbocycles. The van der Waals surface area contributed by atoms with Crippen molar-refractivity contribution >= 4 is 23.3 Å². The van der Waals surface area contributed by atoms with E-state index < -0.39 is 0 Å². The molecule has 2 aromatic carbocycles. The summed E-state index contributed by atoms with van der Waals surface area (Å²) in [6.07, 6.45) is 7.39. The van der Waals surface area contributed by atoms with Gasteiger partial charge in [-0.2, -0.15) is 0 Å². The van der Waals surface area contributed by atoms with Crippen molar-refractivity contribution in [1.29, 1.82) is 0 Å². The van der Waals surface area contributed by atoms with Crippen LogP contribution in [-0.2, 0) is 5.54 Å². The molecule has 0 radical (unpaired) electrons. The molecule has 2 heterocycles. The number of halogens is 1. The second-order valence-electron chi connectivity index (χ2n) is 8.28. The Balaban J connectivity index is 0.00000231. The first-order valence-corrected chi connectivity index (χ1v) is 10.6. The zero-order valence-electron chi connectivity index (χ0n) is 17.3. The Morgan fingerprint density at radius 1 is 0.871 bits per heavy atom. The largest absolute Gasteiger partial charge is 0.328 e. The van der Waals surface area contributed by atoms with Crippen LogP contribution in [0.2, 0.25) is 0 Å². The predicted octanol–water partition coefficient (Wildman–Crippen LogP) is 5.80. The maximum absolute atomic E-state index is 12.4. The number of aromatic amines is 1. The van der Waals surface area contributed by atoms with Crippen molar-refractivity contribution in [1.82, 2.24) is 9.97 Å². The molecule has 4 nitrogen and oxygen atoms in total. The Kier molecular flexibility index (Phi) is 5.94. The number of rotatable bonds is 3. The van der Waals surface area contributed by atoms with Gasteiger partial charge in [-0.1, -0.05) is 73.9 Å². The standard InChI is InChI=1S/C26H25N3O.ClH/c27-26(14-5-2-6-15-26)20-11-9-19(10-12-20)24-21(18-7-3-1-4-8-18)17-22-23(29-24)13-16-28-25(22)30;/h1,3-4,7-13,16-17H,2,5-6,14-15,27H2,(H,28,30);1H. The average molecular weight is 432 g/mol. The van der Waals surface area contributed by atoms with Crippen LogP contribution in [0.4, 0.5) is 0 Å². The van der Waals surface area contributed by atoms with Crippen LogP contribution in [0.15, 0.2) is 77.7 Å². The van der Waals surface area contributed by atoms with Gasteiger partial charge in [-0.3, -0.25) is 4.79 Å². The molecular weight excluding hydrogens is 406 g/mol. The molecule has 3 N–H and O–H groups in total. The molecule has 0 atom stereocenters. The van der Waals surface area contributed by atoms with Crippen LogP contribution in [0.25, 0.3) is 33.3 Å². The predicted molar refractivity (Wildman–Crippen MR) is 129 cm³/mol. The first-order chi connectivity index (χ1) is 14.6. The Morgan fingerprint density at radius 3 is 2.29 bits per heavy atom. The van der Waals surface area contributed by atoms with Crippen molar-refractivity contribution in [2.24, 2.45) is 5.73 Å². The number of fused-ring (bicyclic) bond motifs is 1. The summed E-state index contributed by atoms with van der Waals surface area (Å²) in [4.78, 5) is 20.0. The highest BCUT2D eigenvalue weighted by atomic mass is 35.5. The summed E-state index contributed by atoms with van der Waals surface area (Å²) in [6.45, 7) is 0. The van der Waals surface area contributed by atoms with Crippen LogP contribution in [0.3, 0.4) is 0 Å². The number of hydrogen-bond acceptors (Lipinski definition) is 3. The van der Waals surface area contributed by atoms with Gasteiger partial charge < -0.3 is 10.7 Å². The third-order valence-electron chi connectivity index (χ3n) is 6.32. The van der Waals surface area contributed by atoms with Gasteiger partial charge in [-0.15, -0.1) is 12.4 Å². The molecule has 0 amide bonds. The summed E-state index contributed by atoms with van der Waals surface area (Å²) < 4.78 is 0. The molecule has 5 heteroatoms. The van der Waals surface area contributed by atoms with E-state index in [1.54, 1.807) is 6.20 Å². The van der Waals surface area contributed by atoms with Crippen LogP contribution >= 0.6 is 12.4 Å². The van der Waals surface area contributed by atoms with Gasteiger partial charge >= 0.3 is 0 Å². The highest BCUT2D eigenvalue weighted by Gasteiger charge is 2.29. The van der Waals surface area contributed by atoms with E-state index in [1.807, 2.05) is 30.3 Å². The van der Waals surface area contributed by atoms with Gasteiger partial charge in [0.05, 0.1) is 16.6 Å². The van der Waals surface area contributed by atoms with Crippen LogP contribution in [0.5, 0.6) is 0 Å². The first-order valence-electron chi connectivity index (χ1n) is 10.6. The van der Waals surface area contributed by atoms with Gasteiger partial charge in [0.1, 0.15) is 0 Å². The lowest BCUT2D eigenvalue weighted by Crippen LogP contribution is -2.38. The third-order valence-corrected chi connectivity index (χ3v) is 6.32. The molecule has 0 aliphatic heterocycles. The summed E-state index contributed by atoms with van der Waals surface area (Å²) in [5.74, 6) is 0. The number of nitrogens with zero attached hydrogens (tertiary/aromatic N) is 1. The molecular formula is C26H26ClN3O. The first kappa shape index (κ1) is 21.3. The van der Waals surface area contributed by atoms with Gasteiger partial charge in [-0.25, -0.2) is 4.98 Å². The smallest absolute Gasteiger partial charge is 0.257 e. The topological polar surface area (TPSA) is 71.8 Å². The van der Waals surface area contributed by atoms with E-state index in [1.165, 1.54) is 24.8 Å². The summed E-state index contributed by atoms with van der Waals surface area (Å²) >= 11 is 0. The Morgan fingerprint density at radius 2 is 1.58 bits per heavy atom. The Bertz CT molecular complexity index is 1240. The molecule has 1 aliphatic rings. The number of benzene rings is 2. The molecule has 1 fully saturated rings. The maximum Gasteiger partial charge on any atom is 0.257 e. The molecule has 0 unspecified atom stereocenters. The van der Waals surface area contributed by atoms with Crippen LogP contribution in [0, 0.1) is 0 Å². The second kappa shape index (κ2) is 8.66. The van der Waals surface area contributed by atoms with Crippen molar-refractivity contribution in [3.05, 3.63) is 88.8 Å². The number of nitrogens with one attached hydrogen (secondary N) is 1. The normalized spacial score (nSPS) is 15.4. The number of nitrogens with two attached hydrogens (primary N) is 1. The maximum atomic E-state index is 12.4. The zero-order chi connectivity index (χ0) is 20.6. The molecule has 2 aromatic heterocycles. The summed E-state index contributed by atoms with van der Waals surface area (Å²) in [5, 5.41) is 0.597. The van der Waals surface area contributed by atoms with Crippen LogP contribution in [0.1, 0.15) is 37.7 Å². The summed E-state index contributed by atoms with van der Waals surface area (Å²) in [6, 6.07) is 22.4. The number of hydrogen-bond donors (Lipinski definition) is 2. The number of aromatic nitrogens is 2. The number of pyridine rings is 2. The fourth-order valence-electron chi connectivity index (χ4n) is 4.60. The molecule has 1 aliphatic carbocycles. The summed E-state index contributed by atoms with van der Waals surface area (Å²) in [7, 11) is 0. The third kappa shape index (κ3) is 4.01. The van der Waals surface area contributed by atoms with Crippen molar-refractivity contribution in [2.45, 2.75) is 37.6 Å². The van der Waals surface area contributed by atoms with Gasteiger partial charge in [0.2, 0.25) is 0 Å². The van der Waals surface area contributed by atoms with E-state index in [-0.39, 0.29) is 23.5 Å². The number of H-pyrrole nitrogens is 1. The van der Waals surface area contributed by atoms with Crippen molar-refractivity contribution in [3.63, 3.8) is 0 Å². The molecule has 0 bridgehead atoms. The van der Waals surface area contributed by atoms with Crippen molar-refractivity contribution in [3.8, 4) is 22.4 Å². The lowest BCUT2D eigenvalue weighted by molar-refractivity contribution is 0.302. The molecule has 31 heavy (non-hydrogen) atoms. The van der Waals surface area contributed by atoms with Gasteiger partial charge in [0.15, 0.2) is 0 Å². The van der Waals surface area contributed by atoms with E-state index in [9.17, 15) is 4.79 Å². The zero-order valence-corrected chi connectivity index (χ0v) is 18.1. The van der Waals surface area contributed by atoms with E-state index in [0.29, 0.717) is 10.9 Å². The van der Waals surface area contributed by atoms with Crippen LogP contribution in [-0.4, -0.2) is 9.97 Å². The lowest BCUT2D eigenvalue weighted by Gasteiger charge is -2.34. The minimum absolute atomic E-state index is 0. The monoisotopic (exact) mass is 431 g/mol. The Labute approximate surface area is 188 Å². The van der Waals surface area contributed by atoms with Crippen molar-refractivity contribution < 1.29 is 0 Å². The average Bonchev–Trinajstić information content (AvgIpc) is 2.80. The van der Waals surface area contributed by atoms with Crippen molar-refractivity contribution in [2.75, 3.05) is 0 Å². The quantitative estimate of drug-likeness (QED) is 0.430. The molecule has 0 spiro atoms. The van der Waals surface area contributed by atoms with Gasteiger partial charge in [0, 0.05) is 22.9 Å². The van der Waals surface area contributed by atoms with E-state index in [2.05, 4.69) is 41.4 Å². The minimum atomic E-state index is -0.219. The van der Waals surface area contributed by atoms with Gasteiger partial charge in [-0.05, 0) is 36.1 Å². The fourth-order valence-corrected chi connectivity index (χ4v) is 4.60. The molecule has 5 rings (SSSR count). The van der Waals surface area contributed by atoms with E-state index >= 15 is 0 Å². The van der Waals surface area contributed by atoms with E-state index in [4.69, 9.17) is 10.7 Å². The fraction of sp³-hybridized carbons (Fsp3) is 0.231. The highest BCUT2D eigenvalue weighted by molar-refractivity contribution is 5.91. The van der Waals surface area contributed by atoms with Gasteiger partial charge in [0.25, 0.3) is 5.56 Å². The molecule has 4 aromatic rings. The Hall–Kier alpha value is -2.95.